The molecule has 0 radical (unpaired) electrons. The number of rotatable bonds is 3. The third-order valence-electron chi connectivity index (χ3n) is 1.74. The second-order valence-corrected chi connectivity index (χ2v) is 3.61. The molecule has 0 unspecified atom stereocenters. The van der Waals surface area contributed by atoms with Gasteiger partial charge in [-0.2, -0.15) is 13.8 Å². The van der Waals surface area contributed by atoms with Crippen LogP contribution >= 0.6 is 23.3 Å². The molecule has 0 atom stereocenters. The number of aryl methyl sites for hydroxylation is 1. The van der Waals surface area contributed by atoms with E-state index in [4.69, 9.17) is 16.3 Å². The van der Waals surface area contributed by atoms with Gasteiger partial charge < -0.3 is 10.1 Å². The highest BCUT2D eigenvalue weighted by Crippen LogP contribution is 2.24. The van der Waals surface area contributed by atoms with E-state index in [-0.39, 0.29) is 0 Å². The van der Waals surface area contributed by atoms with Crippen molar-refractivity contribution in [2.45, 2.75) is 0 Å². The van der Waals surface area contributed by atoms with Crippen molar-refractivity contribution in [2.75, 3.05) is 12.4 Å². The largest absolute Gasteiger partial charge is 0.481 e. The van der Waals surface area contributed by atoms with Gasteiger partial charge in [-0.3, -0.25) is 0 Å². The van der Waals surface area contributed by atoms with Crippen molar-refractivity contribution in [3.8, 4) is 5.88 Å². The topological polar surface area (TPSA) is 64.9 Å². The molecule has 8 heteroatoms. The van der Waals surface area contributed by atoms with Gasteiger partial charge in [0.1, 0.15) is 0 Å². The molecule has 0 fully saturated rings. The summed E-state index contributed by atoms with van der Waals surface area (Å²) in [4.78, 5) is 0. The van der Waals surface area contributed by atoms with Crippen LogP contribution in [0, 0.1) is 0 Å². The standard InChI is InChI=1S/C7H8ClN5OS/c1-13-5(14-2)3-4(10-13)9-7-6(8)11-15-12-7/h3H,1-2H3,(H,9,10,12). The Balaban J connectivity index is 2.21. The zero-order valence-electron chi connectivity index (χ0n) is 8.06. The molecule has 2 heterocycles. The smallest absolute Gasteiger partial charge is 0.213 e. The van der Waals surface area contributed by atoms with Gasteiger partial charge in [0.15, 0.2) is 16.8 Å². The maximum absolute atomic E-state index is 5.78. The van der Waals surface area contributed by atoms with Crippen molar-refractivity contribution < 1.29 is 4.74 Å². The Hall–Kier alpha value is -1.34. The van der Waals surface area contributed by atoms with E-state index in [0.717, 1.165) is 11.7 Å². The van der Waals surface area contributed by atoms with Crippen LogP contribution in [-0.2, 0) is 7.05 Å². The molecule has 0 bridgehead atoms. The summed E-state index contributed by atoms with van der Waals surface area (Å²) in [6.07, 6.45) is 0. The fraction of sp³-hybridized carbons (Fsp3) is 0.286. The van der Waals surface area contributed by atoms with E-state index >= 15 is 0 Å². The van der Waals surface area contributed by atoms with Gasteiger partial charge in [0.2, 0.25) is 5.88 Å². The van der Waals surface area contributed by atoms with Crippen LogP contribution in [0.3, 0.4) is 0 Å². The number of aromatic nitrogens is 4. The van der Waals surface area contributed by atoms with E-state index in [1.165, 1.54) is 0 Å². The normalized spacial score (nSPS) is 10.3. The van der Waals surface area contributed by atoms with Crippen LogP contribution in [0.5, 0.6) is 5.88 Å². The van der Waals surface area contributed by atoms with Crippen LogP contribution in [0.1, 0.15) is 0 Å². The molecule has 0 saturated heterocycles. The highest BCUT2D eigenvalue weighted by atomic mass is 35.5. The van der Waals surface area contributed by atoms with Gasteiger partial charge in [0, 0.05) is 13.1 Å². The monoisotopic (exact) mass is 245 g/mol. The summed E-state index contributed by atoms with van der Waals surface area (Å²) in [6.45, 7) is 0. The first-order valence-corrected chi connectivity index (χ1v) is 5.14. The lowest BCUT2D eigenvalue weighted by Crippen LogP contribution is -1.96. The summed E-state index contributed by atoms with van der Waals surface area (Å²) < 4.78 is 14.5. The minimum Gasteiger partial charge on any atom is -0.481 e. The summed E-state index contributed by atoms with van der Waals surface area (Å²) in [5.74, 6) is 1.77. The van der Waals surface area contributed by atoms with Crippen LogP contribution in [-0.4, -0.2) is 25.6 Å². The quantitative estimate of drug-likeness (QED) is 0.891. The molecule has 0 amide bonds. The molecule has 0 aliphatic heterocycles. The molecule has 2 aromatic rings. The molecule has 2 rings (SSSR count). The molecule has 0 aliphatic rings. The summed E-state index contributed by atoms with van der Waals surface area (Å²) in [5.41, 5.74) is 0. The van der Waals surface area contributed by atoms with Gasteiger partial charge in [-0.1, -0.05) is 11.6 Å². The van der Waals surface area contributed by atoms with Crippen LogP contribution in [0.4, 0.5) is 11.6 Å². The fourth-order valence-corrected chi connectivity index (χ4v) is 1.72. The van der Waals surface area contributed by atoms with Gasteiger partial charge in [-0.25, -0.2) is 4.68 Å². The second kappa shape index (κ2) is 4.03. The molecule has 80 valence electrons. The predicted molar refractivity (Wildman–Crippen MR) is 58.0 cm³/mol. The van der Waals surface area contributed by atoms with Gasteiger partial charge in [-0.15, -0.1) is 0 Å². The molecule has 1 N–H and O–H groups in total. The Morgan fingerprint density at radius 2 is 2.33 bits per heavy atom. The van der Waals surface area contributed by atoms with Crippen LogP contribution < -0.4 is 10.1 Å². The van der Waals surface area contributed by atoms with Gasteiger partial charge >= 0.3 is 0 Å². The molecule has 6 nitrogen and oxygen atoms in total. The Morgan fingerprint density at radius 3 is 2.87 bits per heavy atom. The lowest BCUT2D eigenvalue weighted by molar-refractivity contribution is 0.373. The first kappa shape index (κ1) is 10.2. The van der Waals surface area contributed by atoms with Crippen LogP contribution in [0.25, 0.3) is 0 Å². The van der Waals surface area contributed by atoms with Crippen molar-refractivity contribution in [2.24, 2.45) is 7.05 Å². The number of hydrogen-bond acceptors (Lipinski definition) is 6. The third kappa shape index (κ3) is 2.02. The van der Waals surface area contributed by atoms with Crippen molar-refractivity contribution in [3.05, 3.63) is 11.2 Å². The molecule has 2 aromatic heterocycles. The average Bonchev–Trinajstić information content (AvgIpc) is 2.75. The van der Waals surface area contributed by atoms with Gasteiger partial charge in [-0.05, 0) is 0 Å². The van der Waals surface area contributed by atoms with Crippen molar-refractivity contribution in [1.29, 1.82) is 0 Å². The van der Waals surface area contributed by atoms with Crippen LogP contribution in [0.2, 0.25) is 5.15 Å². The van der Waals surface area contributed by atoms with E-state index in [1.54, 1.807) is 24.9 Å². The minimum absolute atomic E-state index is 0.338. The lowest BCUT2D eigenvalue weighted by atomic mass is 10.6. The summed E-state index contributed by atoms with van der Waals surface area (Å²) in [5, 5.41) is 7.43. The summed E-state index contributed by atoms with van der Waals surface area (Å²) in [6, 6.07) is 1.75. The SMILES string of the molecule is COc1cc(Nc2nsnc2Cl)nn1C. The van der Waals surface area contributed by atoms with Gasteiger partial charge in [0.05, 0.1) is 18.8 Å². The number of hydrogen-bond donors (Lipinski definition) is 1. The maximum atomic E-state index is 5.78. The van der Waals surface area contributed by atoms with E-state index in [0.29, 0.717) is 22.7 Å². The highest BCUT2D eigenvalue weighted by Gasteiger charge is 2.09. The molecule has 0 spiro atoms. The van der Waals surface area contributed by atoms with Crippen molar-refractivity contribution >= 4 is 35.0 Å². The number of methoxy groups -OCH3 is 1. The van der Waals surface area contributed by atoms with Crippen molar-refractivity contribution in [3.63, 3.8) is 0 Å². The Morgan fingerprint density at radius 1 is 1.53 bits per heavy atom. The third-order valence-corrected chi connectivity index (χ3v) is 2.63. The Kier molecular flexibility index (Phi) is 2.74. The zero-order chi connectivity index (χ0) is 10.8. The van der Waals surface area contributed by atoms with Crippen LogP contribution in [0.15, 0.2) is 6.07 Å². The number of nitrogens with one attached hydrogen (secondary N) is 1. The highest BCUT2D eigenvalue weighted by molar-refractivity contribution is 6.99. The van der Waals surface area contributed by atoms with E-state index in [2.05, 4.69) is 19.2 Å². The molecule has 15 heavy (non-hydrogen) atoms. The van der Waals surface area contributed by atoms with E-state index in [9.17, 15) is 0 Å². The van der Waals surface area contributed by atoms with Gasteiger partial charge in [0.25, 0.3) is 0 Å². The number of anilines is 2. The minimum atomic E-state index is 0.338. The molecule has 0 aliphatic carbocycles. The zero-order valence-corrected chi connectivity index (χ0v) is 9.63. The fourth-order valence-electron chi connectivity index (χ4n) is 1.08. The second-order valence-electron chi connectivity index (χ2n) is 2.72. The summed E-state index contributed by atoms with van der Waals surface area (Å²) in [7, 11) is 3.36. The Labute approximate surface area is 95.2 Å². The molecular weight excluding hydrogens is 238 g/mol. The number of nitrogens with zero attached hydrogens (tertiary/aromatic N) is 4. The van der Waals surface area contributed by atoms with Crippen molar-refractivity contribution in [1.82, 2.24) is 18.5 Å². The number of ether oxygens (including phenoxy) is 1. The Bertz CT molecular complexity index is 468. The first-order valence-electron chi connectivity index (χ1n) is 4.04. The maximum Gasteiger partial charge on any atom is 0.213 e. The number of halogens is 1. The lowest BCUT2D eigenvalue weighted by Gasteiger charge is -1.95. The average molecular weight is 246 g/mol. The first-order chi connectivity index (χ1) is 7.20. The molecule has 0 saturated carbocycles. The molecular formula is C7H8ClN5OS. The molecule has 0 aromatic carbocycles. The van der Waals surface area contributed by atoms with E-state index in [1.807, 2.05) is 0 Å². The van der Waals surface area contributed by atoms with E-state index < -0.39 is 0 Å². The summed E-state index contributed by atoms with van der Waals surface area (Å²) >= 11 is 6.82. The predicted octanol–water partition coefficient (Wildman–Crippen LogP) is 1.68.